The van der Waals surface area contributed by atoms with E-state index >= 15 is 0 Å². The summed E-state index contributed by atoms with van der Waals surface area (Å²) < 4.78 is 5.41. The summed E-state index contributed by atoms with van der Waals surface area (Å²) in [7, 11) is 0. The first-order valence-corrected chi connectivity index (χ1v) is 10.9. The van der Waals surface area contributed by atoms with Crippen molar-refractivity contribution in [1.82, 2.24) is 10.2 Å². The molecule has 2 aromatic rings. The van der Waals surface area contributed by atoms with Crippen LogP contribution in [0, 0.1) is 0 Å². The van der Waals surface area contributed by atoms with E-state index in [-0.39, 0.29) is 17.9 Å². The van der Waals surface area contributed by atoms with E-state index in [9.17, 15) is 9.59 Å². The van der Waals surface area contributed by atoms with Crippen molar-refractivity contribution in [2.24, 2.45) is 0 Å². The van der Waals surface area contributed by atoms with Gasteiger partial charge in [0, 0.05) is 30.7 Å². The summed E-state index contributed by atoms with van der Waals surface area (Å²) in [5.74, 6) is -0.350. The van der Waals surface area contributed by atoms with Crippen LogP contribution in [0.15, 0.2) is 48.5 Å². The summed E-state index contributed by atoms with van der Waals surface area (Å²) in [6.45, 7) is 15.0. The van der Waals surface area contributed by atoms with Gasteiger partial charge in [-0.3, -0.25) is 4.79 Å². The van der Waals surface area contributed by atoms with Gasteiger partial charge in [-0.25, -0.2) is 4.79 Å². The van der Waals surface area contributed by atoms with Gasteiger partial charge in [-0.05, 0) is 70.0 Å². The lowest BCUT2D eigenvalue weighted by molar-refractivity contribution is 0.00692. The molecule has 0 atom stereocenters. The standard InChI is InChI=1S/C26H36N2O3/c1-18(2)27-16-20-8-12-22(13-9-20)24(29)28(19(3)4)17-21-10-14-23(15-11-21)25(30)31-26(5,6)7/h8-15,18-19,27H,16-17H2,1-7H3. The molecule has 1 N–H and O–H groups in total. The Kier molecular flexibility index (Phi) is 8.40. The van der Waals surface area contributed by atoms with Crippen LogP contribution in [-0.2, 0) is 17.8 Å². The van der Waals surface area contributed by atoms with E-state index in [1.165, 1.54) is 0 Å². The van der Waals surface area contributed by atoms with Crippen molar-refractivity contribution >= 4 is 11.9 Å². The van der Waals surface area contributed by atoms with Gasteiger partial charge in [-0.1, -0.05) is 38.1 Å². The minimum atomic E-state index is -0.531. The first-order chi connectivity index (χ1) is 14.5. The van der Waals surface area contributed by atoms with Crippen LogP contribution in [0.4, 0.5) is 0 Å². The number of nitrogens with one attached hydrogen (secondary N) is 1. The molecule has 168 valence electrons. The normalized spacial score (nSPS) is 11.6. The average Bonchev–Trinajstić information content (AvgIpc) is 2.69. The summed E-state index contributed by atoms with van der Waals surface area (Å²) in [5.41, 5.74) is 2.77. The summed E-state index contributed by atoms with van der Waals surface area (Å²) in [5, 5.41) is 3.38. The highest BCUT2D eigenvalue weighted by atomic mass is 16.6. The van der Waals surface area contributed by atoms with E-state index in [1.54, 1.807) is 12.1 Å². The molecular weight excluding hydrogens is 388 g/mol. The lowest BCUT2D eigenvalue weighted by Gasteiger charge is -2.27. The number of nitrogens with zero attached hydrogens (tertiary/aromatic N) is 1. The largest absolute Gasteiger partial charge is 0.456 e. The zero-order valence-corrected chi connectivity index (χ0v) is 19.9. The zero-order chi connectivity index (χ0) is 23.2. The third-order valence-corrected chi connectivity index (χ3v) is 4.74. The molecule has 0 heterocycles. The molecule has 1 amide bonds. The summed E-state index contributed by atoms with van der Waals surface area (Å²) in [6.07, 6.45) is 0. The van der Waals surface area contributed by atoms with Crippen LogP contribution < -0.4 is 5.32 Å². The molecule has 0 bridgehead atoms. The fraction of sp³-hybridized carbons (Fsp3) is 0.462. The predicted molar refractivity (Wildman–Crippen MR) is 125 cm³/mol. The molecule has 0 unspecified atom stereocenters. The number of benzene rings is 2. The number of carbonyl (C=O) groups is 2. The van der Waals surface area contributed by atoms with E-state index in [0.29, 0.717) is 23.7 Å². The topological polar surface area (TPSA) is 58.6 Å². The third kappa shape index (κ3) is 7.83. The smallest absolute Gasteiger partial charge is 0.338 e. The highest BCUT2D eigenvalue weighted by molar-refractivity contribution is 5.94. The van der Waals surface area contributed by atoms with Crippen LogP contribution in [0.2, 0.25) is 0 Å². The molecule has 0 aliphatic carbocycles. The van der Waals surface area contributed by atoms with Crippen LogP contribution in [-0.4, -0.2) is 34.5 Å². The van der Waals surface area contributed by atoms with E-state index in [0.717, 1.165) is 17.7 Å². The summed E-state index contributed by atoms with van der Waals surface area (Å²) in [4.78, 5) is 27.2. The van der Waals surface area contributed by atoms with Gasteiger partial charge in [0.05, 0.1) is 5.56 Å². The first-order valence-electron chi connectivity index (χ1n) is 10.9. The maximum atomic E-state index is 13.1. The maximum Gasteiger partial charge on any atom is 0.338 e. The quantitative estimate of drug-likeness (QED) is 0.593. The maximum absolute atomic E-state index is 13.1. The molecule has 0 spiro atoms. The number of amides is 1. The van der Waals surface area contributed by atoms with Gasteiger partial charge in [-0.2, -0.15) is 0 Å². The second-order valence-corrected chi connectivity index (χ2v) is 9.46. The molecule has 0 aliphatic rings. The number of esters is 1. The third-order valence-electron chi connectivity index (χ3n) is 4.74. The molecule has 2 aromatic carbocycles. The monoisotopic (exact) mass is 424 g/mol. The Hall–Kier alpha value is -2.66. The molecule has 0 aliphatic heterocycles. The number of rotatable bonds is 8. The van der Waals surface area contributed by atoms with E-state index < -0.39 is 5.60 Å². The van der Waals surface area contributed by atoms with Gasteiger partial charge in [0.1, 0.15) is 5.60 Å². The Balaban J connectivity index is 2.08. The van der Waals surface area contributed by atoms with E-state index in [4.69, 9.17) is 4.74 Å². The number of ether oxygens (including phenoxy) is 1. The minimum absolute atomic E-state index is 0.00501. The molecular formula is C26H36N2O3. The fourth-order valence-corrected chi connectivity index (χ4v) is 3.02. The zero-order valence-electron chi connectivity index (χ0n) is 19.9. The molecule has 0 aromatic heterocycles. The highest BCUT2D eigenvalue weighted by Crippen LogP contribution is 2.17. The van der Waals surface area contributed by atoms with Crippen LogP contribution in [0.3, 0.4) is 0 Å². The second kappa shape index (κ2) is 10.6. The second-order valence-electron chi connectivity index (χ2n) is 9.46. The summed E-state index contributed by atoms with van der Waals surface area (Å²) >= 11 is 0. The van der Waals surface area contributed by atoms with E-state index in [2.05, 4.69) is 19.2 Å². The van der Waals surface area contributed by atoms with Gasteiger partial charge in [-0.15, -0.1) is 0 Å². The molecule has 2 rings (SSSR count). The SMILES string of the molecule is CC(C)NCc1ccc(C(=O)N(Cc2ccc(C(=O)OC(C)(C)C)cc2)C(C)C)cc1. The molecule has 0 fully saturated rings. The fourth-order valence-electron chi connectivity index (χ4n) is 3.02. The number of hydrogen-bond acceptors (Lipinski definition) is 4. The van der Waals surface area contributed by atoms with Crippen molar-refractivity contribution in [3.05, 3.63) is 70.8 Å². The highest BCUT2D eigenvalue weighted by Gasteiger charge is 2.20. The van der Waals surface area contributed by atoms with Crippen molar-refractivity contribution in [3.63, 3.8) is 0 Å². The molecule has 5 nitrogen and oxygen atoms in total. The van der Waals surface area contributed by atoms with Crippen LogP contribution >= 0.6 is 0 Å². The molecule has 31 heavy (non-hydrogen) atoms. The van der Waals surface area contributed by atoms with Crippen molar-refractivity contribution in [3.8, 4) is 0 Å². The molecule has 5 heteroatoms. The number of hydrogen-bond donors (Lipinski definition) is 1. The lowest BCUT2D eigenvalue weighted by Crippen LogP contribution is -2.36. The Bertz CT molecular complexity index is 863. The lowest BCUT2D eigenvalue weighted by atomic mass is 10.1. The van der Waals surface area contributed by atoms with Crippen molar-refractivity contribution in [2.75, 3.05) is 0 Å². The molecule has 0 saturated heterocycles. The molecule has 0 saturated carbocycles. The Morgan fingerprint density at radius 3 is 1.87 bits per heavy atom. The minimum Gasteiger partial charge on any atom is -0.456 e. The van der Waals surface area contributed by atoms with Gasteiger partial charge in [0.2, 0.25) is 0 Å². The van der Waals surface area contributed by atoms with Crippen molar-refractivity contribution < 1.29 is 14.3 Å². The predicted octanol–water partition coefficient (Wildman–Crippen LogP) is 5.19. The van der Waals surface area contributed by atoms with Crippen LogP contribution in [0.5, 0.6) is 0 Å². The Morgan fingerprint density at radius 2 is 1.39 bits per heavy atom. The van der Waals surface area contributed by atoms with Crippen LogP contribution in [0.25, 0.3) is 0 Å². The first kappa shape index (κ1) is 24.6. The Labute approximate surface area is 186 Å². The number of carbonyl (C=O) groups excluding carboxylic acids is 2. The van der Waals surface area contributed by atoms with Gasteiger partial charge < -0.3 is 15.0 Å². The van der Waals surface area contributed by atoms with Crippen LogP contribution in [0.1, 0.15) is 80.3 Å². The summed E-state index contributed by atoms with van der Waals surface area (Å²) in [6, 6.07) is 15.5. The van der Waals surface area contributed by atoms with Gasteiger partial charge >= 0.3 is 5.97 Å². The van der Waals surface area contributed by atoms with Gasteiger partial charge in [0.25, 0.3) is 5.91 Å². The van der Waals surface area contributed by atoms with Crippen molar-refractivity contribution in [1.29, 1.82) is 0 Å². The average molecular weight is 425 g/mol. The van der Waals surface area contributed by atoms with E-state index in [1.807, 2.05) is 75.9 Å². The van der Waals surface area contributed by atoms with Crippen molar-refractivity contribution in [2.45, 2.75) is 79.2 Å². The molecule has 0 radical (unpaired) electrons. The van der Waals surface area contributed by atoms with Gasteiger partial charge in [0.15, 0.2) is 0 Å². The Morgan fingerprint density at radius 1 is 0.871 bits per heavy atom.